The minimum Gasteiger partial charge on any atom is -0.326 e. The van der Waals surface area contributed by atoms with E-state index in [1.165, 1.54) is 0 Å². The zero-order chi connectivity index (χ0) is 11.4. The molecule has 82 valence electrons. The number of hydrogen-bond donors (Lipinski definition) is 2. The van der Waals surface area contributed by atoms with Gasteiger partial charge in [-0.05, 0) is 35.7 Å². The van der Waals surface area contributed by atoms with E-state index < -0.39 is 0 Å². The summed E-state index contributed by atoms with van der Waals surface area (Å²) in [4.78, 5) is 13.6. The van der Waals surface area contributed by atoms with Gasteiger partial charge in [0.15, 0.2) is 0 Å². The fourth-order valence-corrected chi connectivity index (χ4v) is 2.17. The SMILES string of the molecule is O=C(Cc1cccs1)Nc1ccc(S)cc1. The van der Waals surface area contributed by atoms with E-state index in [2.05, 4.69) is 17.9 Å². The highest BCUT2D eigenvalue weighted by Gasteiger charge is 2.04. The standard InChI is InChI=1S/C12H11NOS2/c14-12(8-11-2-1-7-16-11)13-9-3-5-10(15)6-4-9/h1-7,15H,8H2,(H,13,14). The summed E-state index contributed by atoms with van der Waals surface area (Å²) in [6.07, 6.45) is 0.431. The lowest BCUT2D eigenvalue weighted by Crippen LogP contribution is -2.13. The maximum absolute atomic E-state index is 11.6. The number of amides is 1. The molecule has 2 aromatic rings. The Hall–Kier alpha value is -1.26. The molecule has 0 saturated heterocycles. The minimum atomic E-state index is 0.00867. The van der Waals surface area contributed by atoms with Crippen LogP contribution < -0.4 is 5.32 Å². The van der Waals surface area contributed by atoms with Crippen molar-refractivity contribution in [3.05, 3.63) is 46.7 Å². The molecule has 1 heterocycles. The molecule has 1 aromatic carbocycles. The van der Waals surface area contributed by atoms with Crippen molar-refractivity contribution in [1.29, 1.82) is 0 Å². The number of nitrogens with one attached hydrogen (secondary N) is 1. The van der Waals surface area contributed by atoms with Gasteiger partial charge in [0.25, 0.3) is 0 Å². The van der Waals surface area contributed by atoms with Crippen molar-refractivity contribution in [2.45, 2.75) is 11.3 Å². The molecule has 4 heteroatoms. The van der Waals surface area contributed by atoms with Crippen LogP contribution in [0.3, 0.4) is 0 Å². The zero-order valence-electron chi connectivity index (χ0n) is 8.51. The maximum Gasteiger partial charge on any atom is 0.229 e. The second kappa shape index (κ2) is 5.18. The van der Waals surface area contributed by atoms with Crippen LogP contribution in [0.4, 0.5) is 5.69 Å². The molecule has 2 nitrogen and oxygen atoms in total. The third-order valence-electron chi connectivity index (χ3n) is 2.07. The molecule has 0 aliphatic rings. The van der Waals surface area contributed by atoms with Crippen molar-refractivity contribution in [3.8, 4) is 0 Å². The van der Waals surface area contributed by atoms with E-state index in [4.69, 9.17) is 0 Å². The van der Waals surface area contributed by atoms with Crippen molar-refractivity contribution >= 4 is 35.6 Å². The van der Waals surface area contributed by atoms with E-state index in [1.807, 2.05) is 41.8 Å². The van der Waals surface area contributed by atoms with Gasteiger partial charge in [-0.3, -0.25) is 4.79 Å². The molecule has 1 aromatic heterocycles. The van der Waals surface area contributed by atoms with Crippen LogP contribution in [-0.4, -0.2) is 5.91 Å². The average Bonchev–Trinajstić information content (AvgIpc) is 2.74. The summed E-state index contributed by atoms with van der Waals surface area (Å²) in [7, 11) is 0. The van der Waals surface area contributed by atoms with Gasteiger partial charge >= 0.3 is 0 Å². The summed E-state index contributed by atoms with van der Waals surface area (Å²) in [5, 5.41) is 4.81. The van der Waals surface area contributed by atoms with Crippen LogP contribution in [-0.2, 0) is 11.2 Å². The number of rotatable bonds is 3. The van der Waals surface area contributed by atoms with Gasteiger partial charge in [-0.15, -0.1) is 24.0 Å². The fraction of sp³-hybridized carbons (Fsp3) is 0.0833. The monoisotopic (exact) mass is 249 g/mol. The molecule has 1 amide bonds. The summed E-state index contributed by atoms with van der Waals surface area (Å²) in [5.41, 5.74) is 0.805. The maximum atomic E-state index is 11.6. The summed E-state index contributed by atoms with van der Waals surface area (Å²) < 4.78 is 0. The van der Waals surface area contributed by atoms with Crippen molar-refractivity contribution in [1.82, 2.24) is 0 Å². The third kappa shape index (κ3) is 3.12. The smallest absolute Gasteiger partial charge is 0.229 e. The van der Waals surface area contributed by atoms with E-state index in [0.717, 1.165) is 15.5 Å². The number of benzene rings is 1. The lowest BCUT2D eigenvalue weighted by molar-refractivity contribution is -0.115. The highest BCUT2D eigenvalue weighted by Crippen LogP contribution is 2.14. The largest absolute Gasteiger partial charge is 0.326 e. The Morgan fingerprint density at radius 1 is 1.25 bits per heavy atom. The van der Waals surface area contributed by atoms with Crippen molar-refractivity contribution in [2.75, 3.05) is 5.32 Å². The van der Waals surface area contributed by atoms with Crippen LogP contribution in [0.25, 0.3) is 0 Å². The van der Waals surface area contributed by atoms with Crippen molar-refractivity contribution < 1.29 is 4.79 Å². The quantitative estimate of drug-likeness (QED) is 0.804. The van der Waals surface area contributed by atoms with Crippen LogP contribution in [0, 0.1) is 0 Å². The lowest BCUT2D eigenvalue weighted by Gasteiger charge is -2.04. The second-order valence-corrected chi connectivity index (χ2v) is 4.90. The zero-order valence-corrected chi connectivity index (χ0v) is 10.2. The van der Waals surface area contributed by atoms with Gasteiger partial charge in [-0.2, -0.15) is 0 Å². The topological polar surface area (TPSA) is 29.1 Å². The Morgan fingerprint density at radius 2 is 2.00 bits per heavy atom. The molecular weight excluding hydrogens is 238 g/mol. The number of carbonyl (C=O) groups excluding carboxylic acids is 1. The molecule has 0 aliphatic carbocycles. The first-order valence-corrected chi connectivity index (χ1v) is 6.18. The molecule has 2 rings (SSSR count). The highest BCUT2D eigenvalue weighted by molar-refractivity contribution is 7.80. The lowest BCUT2D eigenvalue weighted by atomic mass is 10.3. The Balaban J connectivity index is 1.95. The van der Waals surface area contributed by atoms with Gasteiger partial charge in [0, 0.05) is 15.5 Å². The number of anilines is 1. The fourth-order valence-electron chi connectivity index (χ4n) is 1.32. The number of hydrogen-bond acceptors (Lipinski definition) is 3. The summed E-state index contributed by atoms with van der Waals surface area (Å²) in [6, 6.07) is 11.3. The first-order chi connectivity index (χ1) is 7.74. The Bertz CT molecular complexity index is 462. The van der Waals surface area contributed by atoms with Crippen molar-refractivity contribution in [3.63, 3.8) is 0 Å². The van der Waals surface area contributed by atoms with Gasteiger partial charge in [0.2, 0.25) is 5.91 Å². The molecule has 0 atom stereocenters. The molecule has 0 fully saturated rings. The summed E-state index contributed by atoms with van der Waals surface area (Å²) in [5.74, 6) is 0.00867. The van der Waals surface area contributed by atoms with Gasteiger partial charge in [0.05, 0.1) is 6.42 Å². The molecule has 0 radical (unpaired) electrons. The third-order valence-corrected chi connectivity index (χ3v) is 3.24. The minimum absolute atomic E-state index is 0.00867. The first-order valence-electron chi connectivity index (χ1n) is 4.85. The molecule has 0 saturated carbocycles. The average molecular weight is 249 g/mol. The van der Waals surface area contributed by atoms with Gasteiger partial charge in [-0.1, -0.05) is 6.07 Å². The van der Waals surface area contributed by atoms with Crippen molar-refractivity contribution in [2.24, 2.45) is 0 Å². The van der Waals surface area contributed by atoms with Gasteiger partial charge < -0.3 is 5.32 Å². The molecule has 1 N–H and O–H groups in total. The Kier molecular flexibility index (Phi) is 3.64. The molecule has 0 unspecified atom stereocenters. The van der Waals surface area contributed by atoms with Crippen LogP contribution in [0.15, 0.2) is 46.7 Å². The predicted octanol–water partition coefficient (Wildman–Crippen LogP) is 3.22. The second-order valence-electron chi connectivity index (χ2n) is 3.35. The molecule has 0 bridgehead atoms. The number of thiophene rings is 1. The van der Waals surface area contributed by atoms with E-state index in [0.29, 0.717) is 6.42 Å². The first kappa shape index (κ1) is 11.2. The molecular formula is C12H11NOS2. The summed E-state index contributed by atoms with van der Waals surface area (Å²) >= 11 is 5.77. The van der Waals surface area contributed by atoms with Gasteiger partial charge in [0.1, 0.15) is 0 Å². The normalized spacial score (nSPS) is 10.1. The molecule has 0 aliphatic heterocycles. The van der Waals surface area contributed by atoms with Crippen LogP contribution in [0.5, 0.6) is 0 Å². The van der Waals surface area contributed by atoms with Gasteiger partial charge in [-0.25, -0.2) is 0 Å². The van der Waals surface area contributed by atoms with Crippen LogP contribution in [0.2, 0.25) is 0 Å². The van der Waals surface area contributed by atoms with Crippen LogP contribution >= 0.6 is 24.0 Å². The highest BCUT2D eigenvalue weighted by atomic mass is 32.1. The van der Waals surface area contributed by atoms with E-state index in [9.17, 15) is 4.79 Å². The van der Waals surface area contributed by atoms with E-state index in [1.54, 1.807) is 11.3 Å². The van der Waals surface area contributed by atoms with E-state index >= 15 is 0 Å². The van der Waals surface area contributed by atoms with E-state index in [-0.39, 0.29) is 5.91 Å². The Labute approximate surface area is 104 Å². The summed E-state index contributed by atoms with van der Waals surface area (Å²) in [6.45, 7) is 0. The number of thiol groups is 1. The Morgan fingerprint density at radius 3 is 2.62 bits per heavy atom. The van der Waals surface area contributed by atoms with Crippen LogP contribution in [0.1, 0.15) is 4.88 Å². The molecule has 0 spiro atoms. The number of carbonyl (C=O) groups is 1. The molecule has 16 heavy (non-hydrogen) atoms. The predicted molar refractivity (Wildman–Crippen MR) is 70.3 cm³/mol.